The number of carbonyl (C=O) groups excluding carboxylic acids is 2. The summed E-state index contributed by atoms with van der Waals surface area (Å²) in [6, 6.07) is 28.0. The first-order valence-corrected chi connectivity index (χ1v) is 9.14. The van der Waals surface area contributed by atoms with E-state index in [-0.39, 0.29) is 23.6 Å². The molecule has 0 N–H and O–H groups in total. The highest BCUT2D eigenvalue weighted by atomic mass is 16.5. The molecule has 0 aliphatic heterocycles. The van der Waals surface area contributed by atoms with Gasteiger partial charge in [-0.2, -0.15) is 0 Å². The smallest absolute Gasteiger partial charge is 0.338 e. The van der Waals surface area contributed by atoms with Crippen molar-refractivity contribution in [3.05, 3.63) is 108 Å². The van der Waals surface area contributed by atoms with Crippen molar-refractivity contribution < 1.29 is 14.3 Å². The first-order chi connectivity index (χ1) is 13.2. The number of ether oxygens (including phenoxy) is 1. The Bertz CT molecular complexity index is 920. The van der Waals surface area contributed by atoms with Crippen LogP contribution in [0.15, 0.2) is 91.0 Å². The monoisotopic (exact) mass is 356 g/mol. The SMILES string of the molecule is O=C(O[C@@H](c1ccccc1)[C@H]1C[C@@H]1C(=O)c1ccccc1)c1ccccc1. The lowest BCUT2D eigenvalue weighted by Gasteiger charge is -2.19. The highest BCUT2D eigenvalue weighted by molar-refractivity contribution is 5.99. The number of esters is 1. The number of rotatable bonds is 6. The zero-order chi connectivity index (χ0) is 18.6. The number of benzene rings is 3. The molecule has 3 aromatic rings. The minimum absolute atomic E-state index is 0.00719. The lowest BCUT2D eigenvalue weighted by molar-refractivity contribution is 0.0226. The molecule has 0 unspecified atom stereocenters. The summed E-state index contributed by atoms with van der Waals surface area (Å²) in [6.07, 6.45) is 0.312. The maximum absolute atomic E-state index is 12.8. The summed E-state index contributed by atoms with van der Waals surface area (Å²) < 4.78 is 5.87. The van der Waals surface area contributed by atoms with Crippen molar-refractivity contribution in [3.8, 4) is 0 Å². The summed E-state index contributed by atoms with van der Waals surface area (Å²) in [6.45, 7) is 0. The van der Waals surface area contributed by atoms with Gasteiger partial charge in [0.05, 0.1) is 5.56 Å². The summed E-state index contributed by atoms with van der Waals surface area (Å²) in [5.41, 5.74) is 2.16. The molecule has 1 aliphatic rings. The van der Waals surface area contributed by atoms with Crippen LogP contribution in [0.4, 0.5) is 0 Å². The zero-order valence-corrected chi connectivity index (χ0v) is 14.8. The molecule has 0 bridgehead atoms. The van der Waals surface area contributed by atoms with Gasteiger partial charge in [-0.3, -0.25) is 4.79 Å². The summed E-state index contributed by atoms with van der Waals surface area (Å²) >= 11 is 0. The van der Waals surface area contributed by atoms with Gasteiger partial charge in [0.25, 0.3) is 0 Å². The Hall–Kier alpha value is -3.20. The Morgan fingerprint density at radius 2 is 1.26 bits per heavy atom. The molecule has 4 rings (SSSR count). The molecule has 1 saturated carbocycles. The molecule has 1 fully saturated rings. The van der Waals surface area contributed by atoms with Crippen LogP contribution in [0.2, 0.25) is 0 Å². The lowest BCUT2D eigenvalue weighted by atomic mass is 10.00. The van der Waals surface area contributed by atoms with Crippen LogP contribution >= 0.6 is 0 Å². The largest absolute Gasteiger partial charge is 0.454 e. The first-order valence-electron chi connectivity index (χ1n) is 9.14. The van der Waals surface area contributed by atoms with Crippen LogP contribution in [-0.4, -0.2) is 11.8 Å². The molecule has 134 valence electrons. The number of hydrogen-bond acceptors (Lipinski definition) is 3. The predicted octanol–water partition coefficient (Wildman–Crippen LogP) is 5.10. The Morgan fingerprint density at radius 3 is 1.85 bits per heavy atom. The third kappa shape index (κ3) is 3.82. The maximum Gasteiger partial charge on any atom is 0.338 e. The van der Waals surface area contributed by atoms with E-state index < -0.39 is 6.10 Å². The van der Waals surface area contributed by atoms with Gasteiger partial charge < -0.3 is 4.74 Å². The van der Waals surface area contributed by atoms with E-state index in [9.17, 15) is 9.59 Å². The van der Waals surface area contributed by atoms with Crippen LogP contribution in [0.3, 0.4) is 0 Å². The lowest BCUT2D eigenvalue weighted by Crippen LogP contribution is -2.16. The molecular weight excluding hydrogens is 336 g/mol. The van der Waals surface area contributed by atoms with E-state index in [1.165, 1.54) is 0 Å². The summed E-state index contributed by atoms with van der Waals surface area (Å²) in [5.74, 6) is -0.339. The molecule has 0 heterocycles. The highest BCUT2D eigenvalue weighted by Crippen LogP contribution is 2.50. The summed E-state index contributed by atoms with van der Waals surface area (Å²) in [4.78, 5) is 25.4. The van der Waals surface area contributed by atoms with Crippen LogP contribution in [0, 0.1) is 11.8 Å². The van der Waals surface area contributed by atoms with Gasteiger partial charge in [-0.05, 0) is 24.1 Å². The Morgan fingerprint density at radius 1 is 0.741 bits per heavy atom. The number of ketones is 1. The fraction of sp³-hybridized carbons (Fsp3) is 0.167. The van der Waals surface area contributed by atoms with Crippen LogP contribution in [0.5, 0.6) is 0 Å². The molecule has 3 heteroatoms. The quantitative estimate of drug-likeness (QED) is 0.456. The van der Waals surface area contributed by atoms with Crippen molar-refractivity contribution in [1.82, 2.24) is 0 Å². The van der Waals surface area contributed by atoms with Gasteiger partial charge in [0, 0.05) is 17.4 Å². The van der Waals surface area contributed by atoms with Crippen molar-refractivity contribution in [2.75, 3.05) is 0 Å². The van der Waals surface area contributed by atoms with Crippen LogP contribution in [0.25, 0.3) is 0 Å². The fourth-order valence-corrected chi connectivity index (χ4v) is 3.47. The minimum Gasteiger partial charge on any atom is -0.454 e. The molecule has 0 amide bonds. The molecule has 0 radical (unpaired) electrons. The number of Topliss-reactive ketones (excluding diaryl/α,β-unsaturated/α-hetero) is 1. The molecule has 3 aromatic carbocycles. The average molecular weight is 356 g/mol. The van der Waals surface area contributed by atoms with Gasteiger partial charge in [-0.15, -0.1) is 0 Å². The van der Waals surface area contributed by atoms with E-state index in [0.29, 0.717) is 11.1 Å². The molecule has 1 aliphatic carbocycles. The van der Waals surface area contributed by atoms with Crippen LogP contribution < -0.4 is 0 Å². The Balaban J connectivity index is 1.55. The second kappa shape index (κ2) is 7.58. The predicted molar refractivity (Wildman–Crippen MR) is 103 cm³/mol. The summed E-state index contributed by atoms with van der Waals surface area (Å²) in [7, 11) is 0. The average Bonchev–Trinajstić information content (AvgIpc) is 3.54. The number of hydrogen-bond donors (Lipinski definition) is 0. The molecule has 3 atom stereocenters. The van der Waals surface area contributed by atoms with Crippen molar-refractivity contribution in [1.29, 1.82) is 0 Å². The summed E-state index contributed by atoms with van der Waals surface area (Å²) in [5, 5.41) is 0. The molecular formula is C24H20O3. The third-order valence-corrected chi connectivity index (χ3v) is 5.00. The topological polar surface area (TPSA) is 43.4 Å². The second-order valence-corrected chi connectivity index (χ2v) is 6.84. The van der Waals surface area contributed by atoms with E-state index in [2.05, 4.69) is 0 Å². The fourth-order valence-electron chi connectivity index (χ4n) is 3.47. The standard InChI is InChI=1S/C24H20O3/c25-22(17-10-4-1-5-11-17)20-16-21(20)23(18-12-6-2-7-13-18)27-24(26)19-14-8-3-9-15-19/h1-15,20-21,23H,16H2/t20-,21-,23-/m0/s1. The normalized spacial score (nSPS) is 19.1. The van der Waals surface area contributed by atoms with E-state index >= 15 is 0 Å². The van der Waals surface area contributed by atoms with Crippen LogP contribution in [-0.2, 0) is 4.74 Å². The van der Waals surface area contributed by atoms with E-state index in [1.807, 2.05) is 78.9 Å². The van der Waals surface area contributed by atoms with Gasteiger partial charge in [-0.1, -0.05) is 78.9 Å². The second-order valence-electron chi connectivity index (χ2n) is 6.84. The van der Waals surface area contributed by atoms with Crippen molar-refractivity contribution in [3.63, 3.8) is 0 Å². The number of carbonyl (C=O) groups is 2. The van der Waals surface area contributed by atoms with Gasteiger partial charge in [0.2, 0.25) is 0 Å². The Labute approximate surface area is 158 Å². The minimum atomic E-state index is -0.420. The first kappa shape index (κ1) is 17.2. The molecule has 27 heavy (non-hydrogen) atoms. The van der Waals surface area contributed by atoms with Gasteiger partial charge >= 0.3 is 5.97 Å². The molecule has 3 nitrogen and oxygen atoms in total. The maximum atomic E-state index is 12.8. The van der Waals surface area contributed by atoms with E-state index in [4.69, 9.17) is 4.74 Å². The van der Waals surface area contributed by atoms with Gasteiger partial charge in [-0.25, -0.2) is 4.79 Å². The van der Waals surface area contributed by atoms with E-state index in [1.54, 1.807) is 12.1 Å². The van der Waals surface area contributed by atoms with Gasteiger partial charge in [0.1, 0.15) is 6.10 Å². The molecule has 0 aromatic heterocycles. The molecule has 0 spiro atoms. The van der Waals surface area contributed by atoms with Crippen molar-refractivity contribution >= 4 is 11.8 Å². The third-order valence-electron chi connectivity index (χ3n) is 5.00. The van der Waals surface area contributed by atoms with Crippen molar-refractivity contribution in [2.24, 2.45) is 11.8 Å². The van der Waals surface area contributed by atoms with E-state index in [0.717, 1.165) is 12.0 Å². The molecule has 0 saturated heterocycles. The van der Waals surface area contributed by atoms with Crippen LogP contribution in [0.1, 0.15) is 38.8 Å². The Kier molecular flexibility index (Phi) is 4.84. The van der Waals surface area contributed by atoms with Crippen molar-refractivity contribution in [2.45, 2.75) is 12.5 Å². The highest BCUT2D eigenvalue weighted by Gasteiger charge is 2.50. The van der Waals surface area contributed by atoms with Gasteiger partial charge in [0.15, 0.2) is 5.78 Å². The zero-order valence-electron chi connectivity index (χ0n) is 14.8.